The Hall–Kier alpha value is -1.58. The van der Waals surface area contributed by atoms with Gasteiger partial charge in [-0.05, 0) is 63.0 Å². The van der Waals surface area contributed by atoms with Crippen molar-refractivity contribution in [3.05, 3.63) is 30.1 Å². The quantitative estimate of drug-likeness (QED) is 0.796. The second-order valence-corrected chi connectivity index (χ2v) is 7.81. The second-order valence-electron chi connectivity index (χ2n) is 7.81. The zero-order valence-electron chi connectivity index (χ0n) is 15.8. The number of amides is 2. The number of rotatable bonds is 6. The van der Waals surface area contributed by atoms with Gasteiger partial charge in [0.05, 0.1) is 6.04 Å². The molecule has 1 unspecified atom stereocenters. The van der Waals surface area contributed by atoms with Crippen LogP contribution in [0.25, 0.3) is 0 Å². The first-order valence-electron chi connectivity index (χ1n) is 10.2. The van der Waals surface area contributed by atoms with Crippen LogP contribution in [-0.2, 0) is 0 Å². The lowest BCUT2D eigenvalue weighted by molar-refractivity contribution is 0.164. The van der Waals surface area contributed by atoms with E-state index in [9.17, 15) is 4.79 Å². The summed E-state index contributed by atoms with van der Waals surface area (Å²) in [4.78, 5) is 19.3. The Kier molecular flexibility index (Phi) is 6.33. The SMILES string of the molecule is CCN(C(=O)NC(C1CCCC1)C1CCCC1)C(C)c1cccnc1. The first-order chi connectivity index (χ1) is 12.2. The highest BCUT2D eigenvalue weighted by molar-refractivity contribution is 5.75. The number of nitrogens with one attached hydrogen (secondary N) is 1. The van der Waals surface area contributed by atoms with E-state index in [2.05, 4.69) is 30.2 Å². The van der Waals surface area contributed by atoms with Crippen molar-refractivity contribution in [2.24, 2.45) is 11.8 Å². The molecule has 0 spiro atoms. The van der Waals surface area contributed by atoms with E-state index in [4.69, 9.17) is 0 Å². The minimum atomic E-state index is 0.0477. The highest BCUT2D eigenvalue weighted by Gasteiger charge is 2.35. The van der Waals surface area contributed by atoms with Gasteiger partial charge in [0.2, 0.25) is 0 Å². The van der Waals surface area contributed by atoms with Crippen LogP contribution in [0.3, 0.4) is 0 Å². The van der Waals surface area contributed by atoms with E-state index in [1.54, 1.807) is 6.20 Å². The molecule has 3 rings (SSSR count). The van der Waals surface area contributed by atoms with Gasteiger partial charge < -0.3 is 10.2 Å². The van der Waals surface area contributed by atoms with E-state index in [-0.39, 0.29) is 12.1 Å². The summed E-state index contributed by atoms with van der Waals surface area (Å²) in [5.41, 5.74) is 1.10. The lowest BCUT2D eigenvalue weighted by atomic mass is 9.86. The zero-order valence-corrected chi connectivity index (χ0v) is 15.8. The average Bonchev–Trinajstić information content (AvgIpc) is 3.35. The van der Waals surface area contributed by atoms with Crippen LogP contribution in [0.15, 0.2) is 24.5 Å². The van der Waals surface area contributed by atoms with Crippen molar-refractivity contribution in [1.29, 1.82) is 0 Å². The van der Waals surface area contributed by atoms with Gasteiger partial charge in [-0.2, -0.15) is 0 Å². The van der Waals surface area contributed by atoms with Gasteiger partial charge in [0.25, 0.3) is 0 Å². The smallest absolute Gasteiger partial charge is 0.318 e. The average molecular weight is 344 g/mol. The maximum Gasteiger partial charge on any atom is 0.318 e. The van der Waals surface area contributed by atoms with E-state index >= 15 is 0 Å². The van der Waals surface area contributed by atoms with E-state index in [1.165, 1.54) is 51.4 Å². The Morgan fingerprint density at radius 3 is 2.28 bits per heavy atom. The molecule has 1 aromatic heterocycles. The summed E-state index contributed by atoms with van der Waals surface area (Å²) in [7, 11) is 0. The summed E-state index contributed by atoms with van der Waals surface area (Å²) < 4.78 is 0. The number of carbonyl (C=O) groups excluding carboxylic acids is 1. The molecule has 138 valence electrons. The van der Waals surface area contributed by atoms with Crippen LogP contribution in [0.2, 0.25) is 0 Å². The largest absolute Gasteiger partial charge is 0.335 e. The van der Waals surface area contributed by atoms with Crippen molar-refractivity contribution >= 4 is 6.03 Å². The van der Waals surface area contributed by atoms with Crippen molar-refractivity contribution < 1.29 is 4.79 Å². The third-order valence-electron chi connectivity index (χ3n) is 6.34. The minimum absolute atomic E-state index is 0.0477. The van der Waals surface area contributed by atoms with E-state index in [0.29, 0.717) is 24.4 Å². The van der Waals surface area contributed by atoms with Gasteiger partial charge >= 0.3 is 6.03 Å². The monoisotopic (exact) mass is 343 g/mol. The number of aromatic nitrogens is 1. The fourth-order valence-electron chi connectivity index (χ4n) is 4.88. The molecule has 4 nitrogen and oxygen atoms in total. The van der Waals surface area contributed by atoms with Crippen LogP contribution in [0.5, 0.6) is 0 Å². The standard InChI is InChI=1S/C21H33N3O/c1-3-24(16(2)19-13-8-14-22-15-19)21(25)23-20(17-9-4-5-10-17)18-11-6-7-12-18/h8,13-18,20H,3-7,9-12H2,1-2H3,(H,23,25). The van der Waals surface area contributed by atoms with Gasteiger partial charge in [0, 0.05) is 25.0 Å². The minimum Gasteiger partial charge on any atom is -0.335 e. The Balaban J connectivity index is 1.70. The zero-order chi connectivity index (χ0) is 17.6. The molecular weight excluding hydrogens is 310 g/mol. The first kappa shape index (κ1) is 18.2. The molecule has 1 aromatic rings. The summed E-state index contributed by atoms with van der Waals surface area (Å²) in [5, 5.41) is 3.47. The number of pyridine rings is 1. The summed E-state index contributed by atoms with van der Waals surface area (Å²) >= 11 is 0. The second kappa shape index (κ2) is 8.68. The molecule has 1 atom stereocenters. The Labute approximate surface area is 152 Å². The molecule has 2 aliphatic carbocycles. The molecule has 0 bridgehead atoms. The van der Waals surface area contributed by atoms with Crippen LogP contribution < -0.4 is 5.32 Å². The molecule has 1 heterocycles. The normalized spacial score (nSPS) is 20.1. The van der Waals surface area contributed by atoms with Gasteiger partial charge in [-0.15, -0.1) is 0 Å². The van der Waals surface area contributed by atoms with Crippen LogP contribution in [-0.4, -0.2) is 28.5 Å². The molecular formula is C21H33N3O. The highest BCUT2D eigenvalue weighted by Crippen LogP contribution is 2.37. The molecule has 0 aromatic carbocycles. The number of carbonyl (C=O) groups is 1. The molecule has 0 saturated heterocycles. The fourth-order valence-corrected chi connectivity index (χ4v) is 4.88. The number of hydrogen-bond acceptors (Lipinski definition) is 2. The molecule has 1 N–H and O–H groups in total. The molecule has 0 radical (unpaired) electrons. The van der Waals surface area contributed by atoms with Crippen LogP contribution >= 0.6 is 0 Å². The molecule has 2 aliphatic rings. The Morgan fingerprint density at radius 1 is 1.20 bits per heavy atom. The predicted octanol–water partition coefficient (Wildman–Crippen LogP) is 4.92. The molecule has 4 heteroatoms. The van der Waals surface area contributed by atoms with Crippen LogP contribution in [0.1, 0.15) is 76.8 Å². The molecule has 25 heavy (non-hydrogen) atoms. The fraction of sp³-hybridized carbons (Fsp3) is 0.714. The lowest BCUT2D eigenvalue weighted by Gasteiger charge is -2.35. The predicted molar refractivity (Wildman–Crippen MR) is 101 cm³/mol. The summed E-state index contributed by atoms with van der Waals surface area (Å²) in [6.45, 7) is 4.87. The summed E-state index contributed by atoms with van der Waals surface area (Å²) in [5.74, 6) is 1.36. The van der Waals surface area contributed by atoms with Crippen molar-refractivity contribution in [2.75, 3.05) is 6.54 Å². The highest BCUT2D eigenvalue weighted by atomic mass is 16.2. The topological polar surface area (TPSA) is 45.2 Å². The van der Waals surface area contributed by atoms with Crippen LogP contribution in [0, 0.1) is 11.8 Å². The maximum absolute atomic E-state index is 13.1. The van der Waals surface area contributed by atoms with Gasteiger partial charge in [-0.3, -0.25) is 4.98 Å². The van der Waals surface area contributed by atoms with Crippen LogP contribution in [0.4, 0.5) is 4.79 Å². The summed E-state index contributed by atoms with van der Waals surface area (Å²) in [6, 6.07) is 4.51. The van der Waals surface area contributed by atoms with Gasteiger partial charge in [-0.25, -0.2) is 4.79 Å². The first-order valence-corrected chi connectivity index (χ1v) is 10.2. The molecule has 2 amide bonds. The van der Waals surface area contributed by atoms with E-state index < -0.39 is 0 Å². The van der Waals surface area contributed by atoms with Crippen molar-refractivity contribution in [3.8, 4) is 0 Å². The Morgan fingerprint density at radius 2 is 1.80 bits per heavy atom. The third-order valence-corrected chi connectivity index (χ3v) is 6.34. The molecule has 2 saturated carbocycles. The number of hydrogen-bond donors (Lipinski definition) is 1. The molecule has 2 fully saturated rings. The maximum atomic E-state index is 13.1. The molecule has 0 aliphatic heterocycles. The van der Waals surface area contributed by atoms with Crippen molar-refractivity contribution in [1.82, 2.24) is 15.2 Å². The van der Waals surface area contributed by atoms with E-state index in [1.807, 2.05) is 17.2 Å². The van der Waals surface area contributed by atoms with Gasteiger partial charge in [0.15, 0.2) is 0 Å². The number of nitrogens with zero attached hydrogens (tertiary/aromatic N) is 2. The lowest BCUT2D eigenvalue weighted by Crippen LogP contribution is -2.50. The number of urea groups is 1. The van der Waals surface area contributed by atoms with Crippen molar-refractivity contribution in [2.45, 2.75) is 77.3 Å². The summed E-state index contributed by atoms with van der Waals surface area (Å²) in [6.07, 6.45) is 14.1. The van der Waals surface area contributed by atoms with E-state index in [0.717, 1.165) is 5.56 Å². The Bertz CT molecular complexity index is 519. The van der Waals surface area contributed by atoms with Crippen molar-refractivity contribution in [3.63, 3.8) is 0 Å². The van der Waals surface area contributed by atoms with Gasteiger partial charge in [0.1, 0.15) is 0 Å². The third kappa shape index (κ3) is 4.34. The van der Waals surface area contributed by atoms with Gasteiger partial charge in [-0.1, -0.05) is 31.7 Å².